The molecule has 150 valence electrons. The monoisotopic (exact) mass is 419 g/mol. The molecule has 0 aromatic heterocycles. The number of sulfone groups is 1. The molecule has 1 fully saturated rings. The summed E-state index contributed by atoms with van der Waals surface area (Å²) >= 11 is 0. The Hall–Kier alpha value is -2.66. The summed E-state index contributed by atoms with van der Waals surface area (Å²) < 4.78 is 80.7. The Bertz CT molecular complexity index is 1020. The van der Waals surface area contributed by atoms with Gasteiger partial charge in [0.25, 0.3) is 9.84 Å². The lowest BCUT2D eigenvalue weighted by atomic mass is 10.0. The number of cyclic esters (lactones) is 1. The van der Waals surface area contributed by atoms with Gasteiger partial charge in [-0.15, -0.1) is 0 Å². The van der Waals surface area contributed by atoms with Crippen molar-refractivity contribution in [3.63, 3.8) is 0 Å². The Morgan fingerprint density at radius 3 is 2.46 bits per heavy atom. The number of ether oxygens (including phenoxy) is 1. The van der Waals surface area contributed by atoms with E-state index in [9.17, 15) is 30.8 Å². The molecule has 1 saturated heterocycles. The van der Waals surface area contributed by atoms with Crippen LogP contribution in [0.15, 0.2) is 47.4 Å². The molecule has 0 bridgehead atoms. The molecule has 1 atom stereocenters. The molecule has 0 unspecified atom stereocenters. The van der Waals surface area contributed by atoms with Crippen LogP contribution in [0, 0.1) is 5.82 Å². The third-order valence-electron chi connectivity index (χ3n) is 4.10. The molecule has 0 aliphatic carbocycles. The van der Waals surface area contributed by atoms with E-state index in [1.165, 1.54) is 18.2 Å². The highest BCUT2D eigenvalue weighted by Crippen LogP contribution is 2.34. The summed E-state index contributed by atoms with van der Waals surface area (Å²) in [5.41, 5.74) is -5.57. The van der Waals surface area contributed by atoms with Gasteiger partial charge in [-0.25, -0.2) is 17.6 Å². The largest absolute Gasteiger partial charge is 0.501 e. The van der Waals surface area contributed by atoms with Crippen LogP contribution in [0.1, 0.15) is 0 Å². The zero-order valence-electron chi connectivity index (χ0n) is 14.0. The lowest BCUT2D eigenvalue weighted by Gasteiger charge is -2.15. The lowest BCUT2D eigenvalue weighted by molar-refractivity contribution is -0.0436. The van der Waals surface area contributed by atoms with E-state index in [1.54, 1.807) is 0 Å². The van der Waals surface area contributed by atoms with Crippen LogP contribution in [-0.4, -0.2) is 44.4 Å². The minimum absolute atomic E-state index is 0.00737. The van der Waals surface area contributed by atoms with Gasteiger partial charge in [-0.05, 0) is 35.9 Å². The van der Waals surface area contributed by atoms with Gasteiger partial charge >= 0.3 is 11.6 Å². The van der Waals surface area contributed by atoms with Crippen molar-refractivity contribution in [2.24, 2.45) is 0 Å². The van der Waals surface area contributed by atoms with Crippen molar-refractivity contribution in [2.45, 2.75) is 16.5 Å². The molecule has 0 saturated carbocycles. The van der Waals surface area contributed by atoms with Crippen LogP contribution in [0.3, 0.4) is 0 Å². The van der Waals surface area contributed by atoms with Crippen molar-refractivity contribution >= 4 is 21.6 Å². The molecule has 3 rings (SSSR count). The van der Waals surface area contributed by atoms with Gasteiger partial charge in [0.15, 0.2) is 0 Å². The summed E-state index contributed by atoms with van der Waals surface area (Å²) in [6.07, 6.45) is -1.52. The number of alkyl halides is 3. The molecule has 1 amide bonds. The fourth-order valence-corrected chi connectivity index (χ4v) is 3.51. The van der Waals surface area contributed by atoms with Crippen LogP contribution in [0.2, 0.25) is 0 Å². The molecule has 11 heteroatoms. The highest BCUT2D eigenvalue weighted by molar-refractivity contribution is 7.92. The molecule has 0 spiro atoms. The van der Waals surface area contributed by atoms with E-state index in [2.05, 4.69) is 0 Å². The number of anilines is 1. The SMILES string of the molecule is O=C1O[C@@H](CO)CN1c1ccc(-c2cccc(S(=O)(=O)C(F)(F)F)c2)c(F)c1. The molecular weight excluding hydrogens is 406 g/mol. The highest BCUT2D eigenvalue weighted by atomic mass is 32.2. The van der Waals surface area contributed by atoms with E-state index >= 15 is 0 Å². The summed E-state index contributed by atoms with van der Waals surface area (Å²) in [6, 6.07) is 7.36. The summed E-state index contributed by atoms with van der Waals surface area (Å²) in [4.78, 5) is 11.8. The predicted octanol–water partition coefficient (Wildman–Crippen LogP) is 3.10. The normalized spacial score (nSPS) is 17.7. The average Bonchev–Trinajstić information content (AvgIpc) is 3.01. The number of rotatable bonds is 4. The third-order valence-corrected chi connectivity index (χ3v) is 5.59. The van der Waals surface area contributed by atoms with E-state index in [1.807, 2.05) is 0 Å². The van der Waals surface area contributed by atoms with Gasteiger partial charge in [0, 0.05) is 5.56 Å². The van der Waals surface area contributed by atoms with Gasteiger partial charge in [0.2, 0.25) is 0 Å². The van der Waals surface area contributed by atoms with E-state index in [0.29, 0.717) is 0 Å². The van der Waals surface area contributed by atoms with Crippen LogP contribution in [-0.2, 0) is 14.6 Å². The maximum Gasteiger partial charge on any atom is 0.501 e. The molecule has 1 heterocycles. The van der Waals surface area contributed by atoms with Crippen molar-refractivity contribution in [1.82, 2.24) is 0 Å². The molecule has 6 nitrogen and oxygen atoms in total. The van der Waals surface area contributed by atoms with Crippen molar-refractivity contribution in [3.05, 3.63) is 48.3 Å². The quantitative estimate of drug-likeness (QED) is 0.770. The number of aliphatic hydroxyl groups is 1. The number of hydrogen-bond acceptors (Lipinski definition) is 5. The Morgan fingerprint density at radius 1 is 1.18 bits per heavy atom. The van der Waals surface area contributed by atoms with Gasteiger partial charge < -0.3 is 9.84 Å². The van der Waals surface area contributed by atoms with E-state index in [0.717, 1.165) is 29.2 Å². The molecule has 2 aromatic carbocycles. The highest BCUT2D eigenvalue weighted by Gasteiger charge is 2.46. The van der Waals surface area contributed by atoms with Crippen LogP contribution < -0.4 is 4.90 Å². The number of benzene rings is 2. The Labute approximate surface area is 156 Å². The average molecular weight is 419 g/mol. The van der Waals surface area contributed by atoms with Crippen molar-refractivity contribution in [3.8, 4) is 11.1 Å². The first-order chi connectivity index (χ1) is 13.0. The smallest absolute Gasteiger partial charge is 0.441 e. The van der Waals surface area contributed by atoms with Gasteiger partial charge in [-0.2, -0.15) is 13.2 Å². The van der Waals surface area contributed by atoms with Gasteiger partial charge in [-0.3, -0.25) is 4.90 Å². The number of aliphatic hydroxyl groups excluding tert-OH is 1. The van der Waals surface area contributed by atoms with Crippen LogP contribution in [0.4, 0.5) is 28.0 Å². The second kappa shape index (κ2) is 7.06. The Kier molecular flexibility index (Phi) is 5.06. The number of carbonyl (C=O) groups excluding carboxylic acids is 1. The molecule has 28 heavy (non-hydrogen) atoms. The van der Waals surface area contributed by atoms with Gasteiger partial charge in [0.05, 0.1) is 23.7 Å². The molecule has 1 aliphatic heterocycles. The fraction of sp³-hybridized carbons (Fsp3) is 0.235. The second-order valence-electron chi connectivity index (χ2n) is 5.94. The Balaban J connectivity index is 1.96. The Morgan fingerprint density at radius 2 is 1.89 bits per heavy atom. The summed E-state index contributed by atoms with van der Waals surface area (Å²) in [5, 5.41) is 9.04. The minimum atomic E-state index is -5.57. The van der Waals surface area contributed by atoms with Crippen molar-refractivity contribution in [1.29, 1.82) is 0 Å². The third kappa shape index (κ3) is 3.54. The standard InChI is InChI=1S/C17H13F4NO5S/c18-15-7-11(22-8-12(9-23)27-16(22)24)4-5-14(15)10-2-1-3-13(6-10)28(25,26)17(19,20)21/h1-7,12,23H,8-9H2/t12-/m1/s1. The van der Waals surface area contributed by atoms with Crippen LogP contribution >= 0.6 is 0 Å². The number of amides is 1. The summed E-state index contributed by atoms with van der Waals surface area (Å²) in [5.74, 6) is -0.876. The zero-order valence-corrected chi connectivity index (χ0v) is 14.8. The van der Waals surface area contributed by atoms with E-state index in [4.69, 9.17) is 9.84 Å². The van der Waals surface area contributed by atoms with Crippen molar-refractivity contribution in [2.75, 3.05) is 18.1 Å². The lowest BCUT2D eigenvalue weighted by Crippen LogP contribution is -2.25. The molecule has 1 aliphatic rings. The van der Waals surface area contributed by atoms with E-state index in [-0.39, 0.29) is 23.4 Å². The summed E-state index contributed by atoms with van der Waals surface area (Å²) in [6.45, 7) is -0.392. The summed E-state index contributed by atoms with van der Waals surface area (Å²) in [7, 11) is -5.57. The van der Waals surface area contributed by atoms with E-state index < -0.39 is 44.9 Å². The maximum atomic E-state index is 14.6. The van der Waals surface area contributed by atoms with Gasteiger partial charge in [0.1, 0.15) is 11.9 Å². The first-order valence-electron chi connectivity index (χ1n) is 7.85. The molecule has 2 aromatic rings. The number of halogens is 4. The fourth-order valence-electron chi connectivity index (χ4n) is 2.70. The first kappa shape index (κ1) is 20.1. The first-order valence-corrected chi connectivity index (χ1v) is 9.33. The maximum absolute atomic E-state index is 14.6. The second-order valence-corrected chi connectivity index (χ2v) is 7.88. The number of nitrogens with zero attached hydrogens (tertiary/aromatic N) is 1. The van der Waals surface area contributed by atoms with Gasteiger partial charge in [-0.1, -0.05) is 12.1 Å². The van der Waals surface area contributed by atoms with Crippen molar-refractivity contribution < 1.29 is 40.6 Å². The molecule has 0 radical (unpaired) electrons. The topological polar surface area (TPSA) is 83.9 Å². The van der Waals surface area contributed by atoms with Crippen LogP contribution in [0.25, 0.3) is 11.1 Å². The number of hydrogen-bond donors (Lipinski definition) is 1. The predicted molar refractivity (Wildman–Crippen MR) is 89.8 cm³/mol. The zero-order chi connectivity index (χ0) is 20.7. The molecule has 1 N–H and O–H groups in total. The number of carbonyl (C=O) groups is 1. The minimum Gasteiger partial charge on any atom is -0.441 e. The molecular formula is C17H13F4NO5S. The van der Waals surface area contributed by atoms with Crippen LogP contribution in [0.5, 0.6) is 0 Å².